The van der Waals surface area contributed by atoms with Gasteiger partial charge in [-0.25, -0.2) is 0 Å². The molecule has 0 radical (unpaired) electrons. The third kappa shape index (κ3) is 6.46. The second-order valence-electron chi connectivity index (χ2n) is 3.49. The number of ether oxygens (including phenoxy) is 2. The number of hydrogen-bond donors (Lipinski definition) is 0. The predicted octanol–water partition coefficient (Wildman–Crippen LogP) is 2.64. The number of thioether (sulfide) groups is 1. The molecule has 1 rings (SSSR count). The molecule has 0 amide bonds. The molecule has 0 aliphatic carbocycles. The fourth-order valence-electron chi connectivity index (χ4n) is 1.27. The van der Waals surface area contributed by atoms with Gasteiger partial charge in [0, 0.05) is 36.5 Å². The Bertz CT molecular complexity index is 311. The molecule has 94 valence electrons. The molecule has 0 bridgehead atoms. The monoisotopic (exact) mass is 254 g/mol. The molecule has 0 saturated heterocycles. The summed E-state index contributed by atoms with van der Waals surface area (Å²) in [6.07, 6.45) is 1.79. The Kier molecular flexibility index (Phi) is 7.71. The van der Waals surface area contributed by atoms with E-state index in [1.165, 1.54) is 0 Å². The van der Waals surface area contributed by atoms with E-state index in [1.807, 2.05) is 24.3 Å². The van der Waals surface area contributed by atoms with Crippen molar-refractivity contribution in [3.8, 4) is 0 Å². The number of carbonyl (C=O) groups is 1. The Balaban J connectivity index is 2.07. The molecule has 0 fully saturated rings. The minimum Gasteiger partial charge on any atom is -0.385 e. The molecule has 0 spiro atoms. The third-order valence-electron chi connectivity index (χ3n) is 2.15. The van der Waals surface area contributed by atoms with Gasteiger partial charge in [0.05, 0.1) is 6.61 Å². The molecule has 0 aliphatic heterocycles. The van der Waals surface area contributed by atoms with Gasteiger partial charge in [-0.2, -0.15) is 0 Å². The van der Waals surface area contributed by atoms with Crippen LogP contribution in [-0.2, 0) is 9.47 Å². The molecule has 0 N–H and O–H groups in total. The topological polar surface area (TPSA) is 35.5 Å². The normalized spacial score (nSPS) is 10.4. The zero-order valence-corrected chi connectivity index (χ0v) is 10.9. The van der Waals surface area contributed by atoms with Gasteiger partial charge in [0.1, 0.15) is 6.29 Å². The summed E-state index contributed by atoms with van der Waals surface area (Å²) in [6, 6.07) is 7.57. The number of methoxy groups -OCH3 is 1. The summed E-state index contributed by atoms with van der Waals surface area (Å²) in [5, 5.41) is 0. The molecule has 0 saturated carbocycles. The van der Waals surface area contributed by atoms with E-state index in [0.29, 0.717) is 5.56 Å². The Hall–Kier alpha value is -0.840. The largest absolute Gasteiger partial charge is 0.385 e. The van der Waals surface area contributed by atoms with Crippen molar-refractivity contribution in [3.05, 3.63) is 29.8 Å². The first-order valence-electron chi connectivity index (χ1n) is 5.61. The minimum absolute atomic E-state index is 0.713. The first-order chi connectivity index (χ1) is 8.36. The third-order valence-corrected chi connectivity index (χ3v) is 3.13. The van der Waals surface area contributed by atoms with E-state index >= 15 is 0 Å². The molecular formula is C13H18O3S. The van der Waals surface area contributed by atoms with Crippen molar-refractivity contribution in [1.29, 1.82) is 0 Å². The van der Waals surface area contributed by atoms with Crippen LogP contribution in [-0.4, -0.2) is 39.0 Å². The first kappa shape index (κ1) is 14.2. The lowest BCUT2D eigenvalue weighted by Crippen LogP contribution is -2.02. The van der Waals surface area contributed by atoms with Gasteiger partial charge in [-0.15, -0.1) is 11.8 Å². The van der Waals surface area contributed by atoms with Crippen LogP contribution in [0.25, 0.3) is 0 Å². The Labute approximate surface area is 106 Å². The molecule has 1 aromatic rings. The maximum Gasteiger partial charge on any atom is 0.150 e. The van der Waals surface area contributed by atoms with E-state index in [2.05, 4.69) is 0 Å². The zero-order valence-electron chi connectivity index (χ0n) is 10.1. The van der Waals surface area contributed by atoms with Crippen LogP contribution in [0, 0.1) is 0 Å². The van der Waals surface area contributed by atoms with Crippen molar-refractivity contribution in [2.45, 2.75) is 11.3 Å². The summed E-state index contributed by atoms with van der Waals surface area (Å²) < 4.78 is 10.4. The summed E-state index contributed by atoms with van der Waals surface area (Å²) in [6.45, 7) is 2.24. The van der Waals surface area contributed by atoms with Crippen LogP contribution in [0.4, 0.5) is 0 Å². The van der Waals surface area contributed by atoms with Crippen molar-refractivity contribution >= 4 is 18.0 Å². The van der Waals surface area contributed by atoms with Gasteiger partial charge in [-0.3, -0.25) is 4.79 Å². The molecule has 0 aromatic heterocycles. The lowest BCUT2D eigenvalue weighted by Gasteiger charge is -2.04. The molecule has 0 heterocycles. The first-order valence-corrected chi connectivity index (χ1v) is 6.60. The van der Waals surface area contributed by atoms with Crippen LogP contribution < -0.4 is 0 Å². The van der Waals surface area contributed by atoms with Gasteiger partial charge in [-0.1, -0.05) is 12.1 Å². The minimum atomic E-state index is 0.713. The van der Waals surface area contributed by atoms with Gasteiger partial charge < -0.3 is 9.47 Å². The maximum absolute atomic E-state index is 10.5. The fraction of sp³-hybridized carbons (Fsp3) is 0.462. The van der Waals surface area contributed by atoms with E-state index in [0.717, 1.165) is 43.2 Å². The molecule has 0 atom stereocenters. The molecule has 4 heteroatoms. The summed E-state index contributed by atoms with van der Waals surface area (Å²) in [7, 11) is 1.69. The average molecular weight is 254 g/mol. The van der Waals surface area contributed by atoms with Crippen molar-refractivity contribution in [3.63, 3.8) is 0 Å². The highest BCUT2D eigenvalue weighted by Crippen LogP contribution is 2.17. The van der Waals surface area contributed by atoms with Crippen LogP contribution in [0.2, 0.25) is 0 Å². The van der Waals surface area contributed by atoms with Crippen molar-refractivity contribution in [2.24, 2.45) is 0 Å². The van der Waals surface area contributed by atoms with Crippen molar-refractivity contribution < 1.29 is 14.3 Å². The van der Waals surface area contributed by atoms with Crippen LogP contribution in [0.5, 0.6) is 0 Å². The van der Waals surface area contributed by atoms with Crippen molar-refractivity contribution in [1.82, 2.24) is 0 Å². The Morgan fingerprint density at radius 1 is 1.18 bits per heavy atom. The van der Waals surface area contributed by atoms with Gasteiger partial charge in [0.25, 0.3) is 0 Å². The Morgan fingerprint density at radius 3 is 2.59 bits per heavy atom. The predicted molar refractivity (Wildman–Crippen MR) is 69.9 cm³/mol. The molecular weight excluding hydrogens is 236 g/mol. The van der Waals surface area contributed by atoms with Crippen LogP contribution in [0.3, 0.4) is 0 Å². The number of carbonyl (C=O) groups excluding carboxylic acids is 1. The van der Waals surface area contributed by atoms with E-state index < -0.39 is 0 Å². The number of benzene rings is 1. The van der Waals surface area contributed by atoms with Gasteiger partial charge in [0.2, 0.25) is 0 Å². The Morgan fingerprint density at radius 2 is 1.94 bits per heavy atom. The van der Waals surface area contributed by atoms with Gasteiger partial charge in [0.15, 0.2) is 0 Å². The molecule has 3 nitrogen and oxygen atoms in total. The zero-order chi connectivity index (χ0) is 12.3. The molecule has 0 aliphatic rings. The van der Waals surface area contributed by atoms with E-state index in [4.69, 9.17) is 9.47 Å². The number of rotatable bonds is 9. The average Bonchev–Trinajstić information content (AvgIpc) is 2.38. The highest BCUT2D eigenvalue weighted by atomic mass is 32.2. The maximum atomic E-state index is 10.5. The number of aldehydes is 1. The van der Waals surface area contributed by atoms with Crippen LogP contribution >= 0.6 is 11.8 Å². The summed E-state index contributed by atoms with van der Waals surface area (Å²) in [5.74, 6) is 0.924. The second-order valence-corrected chi connectivity index (χ2v) is 4.66. The van der Waals surface area contributed by atoms with E-state index in [-0.39, 0.29) is 0 Å². The highest BCUT2D eigenvalue weighted by Gasteiger charge is 1.95. The fourth-order valence-corrected chi connectivity index (χ4v) is 2.03. The standard InChI is InChI=1S/C13H18O3S/c1-15-7-2-8-16-9-10-17-13-5-3-12(11-14)4-6-13/h3-6,11H,2,7-10H2,1H3. The van der Waals surface area contributed by atoms with Crippen molar-refractivity contribution in [2.75, 3.05) is 32.7 Å². The lowest BCUT2D eigenvalue weighted by atomic mass is 10.2. The van der Waals surface area contributed by atoms with Gasteiger partial charge in [-0.05, 0) is 18.6 Å². The SMILES string of the molecule is COCCCOCCSc1ccc(C=O)cc1. The number of hydrogen-bond acceptors (Lipinski definition) is 4. The van der Waals surface area contributed by atoms with E-state index in [9.17, 15) is 4.79 Å². The summed E-state index contributed by atoms with van der Waals surface area (Å²) in [5.41, 5.74) is 0.713. The smallest absolute Gasteiger partial charge is 0.150 e. The quantitative estimate of drug-likeness (QED) is 0.385. The van der Waals surface area contributed by atoms with Gasteiger partial charge >= 0.3 is 0 Å². The molecule has 0 unspecified atom stereocenters. The van der Waals surface area contributed by atoms with Crippen LogP contribution in [0.1, 0.15) is 16.8 Å². The summed E-state index contributed by atoms with van der Waals surface area (Å²) in [4.78, 5) is 11.6. The second kappa shape index (κ2) is 9.22. The highest BCUT2D eigenvalue weighted by molar-refractivity contribution is 7.99. The summed E-state index contributed by atoms with van der Waals surface area (Å²) >= 11 is 1.73. The van der Waals surface area contributed by atoms with Crippen LogP contribution in [0.15, 0.2) is 29.2 Å². The van der Waals surface area contributed by atoms with E-state index in [1.54, 1.807) is 18.9 Å². The lowest BCUT2D eigenvalue weighted by molar-refractivity contribution is 0.112. The molecule has 17 heavy (non-hydrogen) atoms. The molecule has 1 aromatic carbocycles.